The van der Waals surface area contributed by atoms with Crippen molar-refractivity contribution < 1.29 is 9.59 Å². The summed E-state index contributed by atoms with van der Waals surface area (Å²) < 4.78 is 0.976. The van der Waals surface area contributed by atoms with E-state index in [2.05, 4.69) is 4.98 Å². The molecule has 0 unspecified atom stereocenters. The number of fused-ring (bicyclic) bond motifs is 1. The van der Waals surface area contributed by atoms with Gasteiger partial charge in [-0.05, 0) is 12.1 Å². The number of ketones is 2. The highest BCUT2D eigenvalue weighted by atomic mass is 32.1. The maximum Gasteiger partial charge on any atom is 0.198 e. The highest BCUT2D eigenvalue weighted by molar-refractivity contribution is 7.20. The average molecular weight is 261 g/mol. The third-order valence-corrected chi connectivity index (χ3v) is 3.77. The minimum Gasteiger partial charge on any atom is -0.299 e. The number of rotatable bonds is 3. The van der Waals surface area contributed by atoms with Crippen molar-refractivity contribution in [1.29, 1.82) is 0 Å². The standard InChI is InChI=1S/C14H15NO2S/c1-14(2,3)12(17)8-10(16)13-15-9-6-4-5-7-11(9)18-13/h4-7H,8H2,1-3H3. The second kappa shape index (κ2) is 4.61. The molecule has 0 radical (unpaired) electrons. The fourth-order valence-corrected chi connectivity index (χ4v) is 2.38. The molecule has 0 aliphatic heterocycles. The fourth-order valence-electron chi connectivity index (χ4n) is 1.48. The van der Waals surface area contributed by atoms with Gasteiger partial charge in [0.25, 0.3) is 0 Å². The van der Waals surface area contributed by atoms with Crippen LogP contribution in [-0.2, 0) is 4.79 Å². The van der Waals surface area contributed by atoms with Crippen molar-refractivity contribution in [2.45, 2.75) is 27.2 Å². The zero-order chi connectivity index (χ0) is 13.3. The molecule has 0 bridgehead atoms. The van der Waals surface area contributed by atoms with Gasteiger partial charge >= 0.3 is 0 Å². The first-order valence-electron chi connectivity index (χ1n) is 5.80. The Hall–Kier alpha value is -1.55. The first-order chi connectivity index (χ1) is 8.38. The summed E-state index contributed by atoms with van der Waals surface area (Å²) in [6, 6.07) is 7.59. The van der Waals surface area contributed by atoms with Crippen molar-refractivity contribution in [2.24, 2.45) is 5.41 Å². The number of aromatic nitrogens is 1. The van der Waals surface area contributed by atoms with Crippen LogP contribution in [0.15, 0.2) is 24.3 Å². The number of hydrogen-bond acceptors (Lipinski definition) is 4. The number of carbonyl (C=O) groups is 2. The first kappa shape index (κ1) is 12.9. The van der Waals surface area contributed by atoms with Gasteiger partial charge in [0.15, 0.2) is 10.8 Å². The quantitative estimate of drug-likeness (QED) is 0.627. The summed E-state index contributed by atoms with van der Waals surface area (Å²) >= 11 is 1.35. The molecule has 0 saturated heterocycles. The van der Waals surface area contributed by atoms with E-state index in [0.29, 0.717) is 5.01 Å². The largest absolute Gasteiger partial charge is 0.299 e. The maximum atomic E-state index is 12.0. The van der Waals surface area contributed by atoms with Gasteiger partial charge in [0.2, 0.25) is 0 Å². The molecule has 0 fully saturated rings. The van der Waals surface area contributed by atoms with Gasteiger partial charge in [0, 0.05) is 5.41 Å². The van der Waals surface area contributed by atoms with Crippen LogP contribution < -0.4 is 0 Å². The van der Waals surface area contributed by atoms with Crippen molar-refractivity contribution in [3.63, 3.8) is 0 Å². The van der Waals surface area contributed by atoms with E-state index in [4.69, 9.17) is 0 Å². The van der Waals surface area contributed by atoms with Crippen LogP contribution in [0.2, 0.25) is 0 Å². The Kier molecular flexibility index (Phi) is 3.30. The van der Waals surface area contributed by atoms with Crippen molar-refractivity contribution in [2.75, 3.05) is 0 Å². The third kappa shape index (κ3) is 2.64. The summed E-state index contributed by atoms with van der Waals surface area (Å²) in [5, 5.41) is 0.425. The van der Waals surface area contributed by atoms with E-state index in [-0.39, 0.29) is 18.0 Å². The Bertz CT molecular complexity index is 575. The van der Waals surface area contributed by atoms with Crippen LogP contribution in [-0.4, -0.2) is 16.6 Å². The lowest BCUT2D eigenvalue weighted by Gasteiger charge is -2.15. The summed E-state index contributed by atoms with van der Waals surface area (Å²) in [6.07, 6.45) is -0.0661. The molecule has 2 aromatic rings. The number of carbonyl (C=O) groups excluding carboxylic acids is 2. The molecule has 0 saturated carbocycles. The molecule has 4 heteroatoms. The van der Waals surface area contributed by atoms with Gasteiger partial charge < -0.3 is 0 Å². The molecule has 0 amide bonds. The number of nitrogens with zero attached hydrogens (tertiary/aromatic N) is 1. The first-order valence-corrected chi connectivity index (χ1v) is 6.61. The molecular formula is C14H15NO2S. The zero-order valence-corrected chi connectivity index (χ0v) is 11.5. The van der Waals surface area contributed by atoms with Crippen molar-refractivity contribution in [1.82, 2.24) is 4.98 Å². The molecule has 1 heterocycles. The van der Waals surface area contributed by atoms with E-state index >= 15 is 0 Å². The number of para-hydroxylation sites is 1. The molecule has 2 rings (SSSR count). The summed E-state index contributed by atoms with van der Waals surface area (Å²) in [6.45, 7) is 5.46. The highest BCUT2D eigenvalue weighted by Gasteiger charge is 2.25. The van der Waals surface area contributed by atoms with Crippen molar-refractivity contribution in [3.8, 4) is 0 Å². The second-order valence-electron chi connectivity index (χ2n) is 5.26. The van der Waals surface area contributed by atoms with Gasteiger partial charge in [0.05, 0.1) is 16.6 Å². The van der Waals surface area contributed by atoms with E-state index in [1.165, 1.54) is 11.3 Å². The minimum atomic E-state index is -0.480. The van der Waals surface area contributed by atoms with Crippen LogP contribution in [0.25, 0.3) is 10.2 Å². The Morgan fingerprint density at radius 1 is 1.22 bits per heavy atom. The number of benzene rings is 1. The lowest BCUT2D eigenvalue weighted by atomic mass is 9.88. The van der Waals surface area contributed by atoms with E-state index in [9.17, 15) is 9.59 Å². The van der Waals surface area contributed by atoms with E-state index in [0.717, 1.165) is 10.2 Å². The molecule has 0 spiro atoms. The lowest BCUT2D eigenvalue weighted by Crippen LogP contribution is -2.23. The minimum absolute atomic E-state index is 0.0493. The normalized spacial score (nSPS) is 11.7. The van der Waals surface area contributed by atoms with Crippen LogP contribution in [0.5, 0.6) is 0 Å². The van der Waals surface area contributed by atoms with Gasteiger partial charge in [0.1, 0.15) is 5.78 Å². The van der Waals surface area contributed by atoms with E-state index in [1.807, 2.05) is 45.0 Å². The van der Waals surface area contributed by atoms with Gasteiger partial charge in [-0.1, -0.05) is 32.9 Å². The zero-order valence-electron chi connectivity index (χ0n) is 10.7. The molecule has 18 heavy (non-hydrogen) atoms. The van der Waals surface area contributed by atoms with E-state index in [1.54, 1.807) is 0 Å². The fraction of sp³-hybridized carbons (Fsp3) is 0.357. The Morgan fingerprint density at radius 3 is 2.50 bits per heavy atom. The highest BCUT2D eigenvalue weighted by Crippen LogP contribution is 2.24. The van der Waals surface area contributed by atoms with Gasteiger partial charge in [-0.2, -0.15) is 0 Å². The SMILES string of the molecule is CC(C)(C)C(=O)CC(=O)c1nc2ccccc2s1. The topological polar surface area (TPSA) is 47.0 Å². The van der Waals surface area contributed by atoms with Crippen LogP contribution in [0.1, 0.15) is 37.0 Å². The van der Waals surface area contributed by atoms with Crippen molar-refractivity contribution >= 4 is 33.1 Å². The average Bonchev–Trinajstić information content (AvgIpc) is 2.71. The molecule has 94 valence electrons. The summed E-state index contributed by atoms with van der Waals surface area (Å²) in [5.41, 5.74) is 0.334. The molecule has 0 N–H and O–H groups in total. The third-order valence-electron chi connectivity index (χ3n) is 2.69. The number of thiazole rings is 1. The second-order valence-corrected chi connectivity index (χ2v) is 6.29. The van der Waals surface area contributed by atoms with Crippen LogP contribution in [0, 0.1) is 5.41 Å². The van der Waals surface area contributed by atoms with Crippen LogP contribution in [0.3, 0.4) is 0 Å². The Balaban J connectivity index is 2.21. The molecule has 3 nitrogen and oxygen atoms in total. The smallest absolute Gasteiger partial charge is 0.198 e. The Labute approximate surface area is 110 Å². The maximum absolute atomic E-state index is 12.0. The summed E-state index contributed by atoms with van der Waals surface area (Å²) in [5.74, 6) is -0.233. The molecular weight excluding hydrogens is 246 g/mol. The number of Topliss-reactive ketones (excluding diaryl/α,β-unsaturated/α-hetero) is 2. The summed E-state index contributed by atoms with van der Waals surface area (Å²) in [4.78, 5) is 28.1. The predicted molar refractivity (Wildman–Crippen MR) is 73.0 cm³/mol. The van der Waals surface area contributed by atoms with Crippen LogP contribution >= 0.6 is 11.3 Å². The van der Waals surface area contributed by atoms with E-state index < -0.39 is 5.41 Å². The van der Waals surface area contributed by atoms with Gasteiger partial charge in [-0.3, -0.25) is 9.59 Å². The summed E-state index contributed by atoms with van der Waals surface area (Å²) in [7, 11) is 0. The molecule has 1 aromatic carbocycles. The van der Waals surface area contributed by atoms with Gasteiger partial charge in [-0.15, -0.1) is 11.3 Å². The molecule has 0 atom stereocenters. The van der Waals surface area contributed by atoms with Gasteiger partial charge in [-0.25, -0.2) is 4.98 Å². The van der Waals surface area contributed by atoms with Crippen molar-refractivity contribution in [3.05, 3.63) is 29.3 Å². The predicted octanol–water partition coefficient (Wildman–Crippen LogP) is 3.48. The number of hydrogen-bond donors (Lipinski definition) is 0. The molecule has 0 aliphatic rings. The Morgan fingerprint density at radius 2 is 1.89 bits per heavy atom. The monoisotopic (exact) mass is 261 g/mol. The molecule has 1 aromatic heterocycles. The molecule has 0 aliphatic carbocycles. The lowest BCUT2D eigenvalue weighted by molar-refractivity contribution is -0.125. The van der Waals surface area contributed by atoms with Crippen LogP contribution in [0.4, 0.5) is 0 Å².